The summed E-state index contributed by atoms with van der Waals surface area (Å²) in [5.41, 5.74) is 1.48. The number of amides is 1. The van der Waals surface area contributed by atoms with Crippen LogP contribution in [-0.4, -0.2) is 49.8 Å². The van der Waals surface area contributed by atoms with Crippen LogP contribution in [0, 0.1) is 12.7 Å². The van der Waals surface area contributed by atoms with Crippen LogP contribution in [-0.2, 0) is 4.79 Å². The molecule has 0 saturated carbocycles. The zero-order valence-corrected chi connectivity index (χ0v) is 15.1. The van der Waals surface area contributed by atoms with Crippen LogP contribution in [0.3, 0.4) is 0 Å². The van der Waals surface area contributed by atoms with Crippen molar-refractivity contribution in [3.63, 3.8) is 0 Å². The molecule has 3 heterocycles. The Morgan fingerprint density at radius 1 is 1.38 bits per heavy atom. The third-order valence-electron chi connectivity index (χ3n) is 4.52. The van der Waals surface area contributed by atoms with Crippen LogP contribution < -0.4 is 0 Å². The predicted molar refractivity (Wildman–Crippen MR) is 94.4 cm³/mol. The fraction of sp³-hybridized carbons (Fsp3) is 0.412. The molecule has 26 heavy (non-hydrogen) atoms. The molecule has 9 heteroatoms. The van der Waals surface area contributed by atoms with E-state index in [1.165, 1.54) is 23.9 Å². The standard InChI is InChI=1S/C17H18FN5O2S/c1-10-21-22-17(25-10)26-9-15(24)23-6-4-11(5-7-23)16-19-13-3-2-12(18)8-14(13)20-16/h2-3,8,11H,4-7,9H2,1H3,(H,19,20). The predicted octanol–water partition coefficient (Wildman–Crippen LogP) is 2.89. The minimum atomic E-state index is -0.276. The van der Waals surface area contributed by atoms with Gasteiger partial charge in [-0.25, -0.2) is 9.37 Å². The summed E-state index contributed by atoms with van der Waals surface area (Å²) in [6.07, 6.45) is 1.66. The van der Waals surface area contributed by atoms with Crippen LogP contribution in [0.1, 0.15) is 30.5 Å². The number of aryl methyl sites for hydroxylation is 1. The van der Waals surface area contributed by atoms with Crippen molar-refractivity contribution in [2.24, 2.45) is 0 Å². The molecule has 4 rings (SSSR count). The first-order valence-electron chi connectivity index (χ1n) is 8.44. The highest BCUT2D eigenvalue weighted by Crippen LogP contribution is 2.28. The SMILES string of the molecule is Cc1nnc(SCC(=O)N2CCC(c3nc4ccc(F)cc4[nH]3)CC2)o1. The summed E-state index contributed by atoms with van der Waals surface area (Å²) in [6.45, 7) is 3.08. The van der Waals surface area contributed by atoms with Gasteiger partial charge in [0.15, 0.2) is 0 Å². The maximum absolute atomic E-state index is 13.3. The lowest BCUT2D eigenvalue weighted by Gasteiger charge is -2.31. The molecule has 1 N–H and O–H groups in total. The van der Waals surface area contributed by atoms with Crippen molar-refractivity contribution in [3.8, 4) is 0 Å². The second-order valence-electron chi connectivity index (χ2n) is 6.31. The Morgan fingerprint density at radius 2 is 2.19 bits per heavy atom. The van der Waals surface area contributed by atoms with Gasteiger partial charge in [-0.2, -0.15) is 0 Å². The third kappa shape index (κ3) is 3.57. The first-order chi connectivity index (χ1) is 12.6. The van der Waals surface area contributed by atoms with Crippen molar-refractivity contribution in [2.75, 3.05) is 18.8 Å². The van der Waals surface area contributed by atoms with Crippen LogP contribution in [0.2, 0.25) is 0 Å². The number of imidazole rings is 1. The Balaban J connectivity index is 1.33. The first-order valence-corrected chi connectivity index (χ1v) is 9.43. The van der Waals surface area contributed by atoms with Gasteiger partial charge in [0, 0.05) is 25.9 Å². The summed E-state index contributed by atoms with van der Waals surface area (Å²) in [5, 5.41) is 8.04. The zero-order chi connectivity index (χ0) is 18.1. The topological polar surface area (TPSA) is 87.9 Å². The van der Waals surface area contributed by atoms with E-state index in [-0.39, 0.29) is 23.4 Å². The largest absolute Gasteiger partial charge is 0.416 e. The summed E-state index contributed by atoms with van der Waals surface area (Å²) < 4.78 is 18.6. The number of H-pyrrole nitrogens is 1. The van der Waals surface area contributed by atoms with E-state index in [1.807, 2.05) is 4.90 Å². The number of carbonyl (C=O) groups is 1. The zero-order valence-electron chi connectivity index (χ0n) is 14.2. The molecule has 1 aliphatic rings. The number of aromatic amines is 1. The Kier molecular flexibility index (Phi) is 4.62. The lowest BCUT2D eigenvalue weighted by atomic mass is 9.96. The number of piperidine rings is 1. The molecule has 1 aliphatic heterocycles. The molecule has 0 aliphatic carbocycles. The van der Waals surface area contributed by atoms with Crippen LogP contribution >= 0.6 is 11.8 Å². The minimum Gasteiger partial charge on any atom is -0.416 e. The van der Waals surface area contributed by atoms with Gasteiger partial charge in [-0.3, -0.25) is 4.79 Å². The Labute approximate surface area is 153 Å². The lowest BCUT2D eigenvalue weighted by Crippen LogP contribution is -2.39. The van der Waals surface area contributed by atoms with E-state index in [0.717, 1.165) is 24.2 Å². The first kappa shape index (κ1) is 17.0. The van der Waals surface area contributed by atoms with Gasteiger partial charge in [-0.05, 0) is 31.0 Å². The number of hydrogen-bond donors (Lipinski definition) is 1. The highest BCUT2D eigenvalue weighted by atomic mass is 32.2. The number of benzene rings is 1. The van der Waals surface area contributed by atoms with Crippen LogP contribution in [0.15, 0.2) is 27.8 Å². The maximum Gasteiger partial charge on any atom is 0.277 e. The number of carbonyl (C=O) groups excluding carboxylic acids is 1. The van der Waals surface area contributed by atoms with Crippen molar-refractivity contribution in [1.82, 2.24) is 25.1 Å². The van der Waals surface area contributed by atoms with Gasteiger partial charge in [-0.1, -0.05) is 11.8 Å². The van der Waals surface area contributed by atoms with Gasteiger partial charge in [0.2, 0.25) is 11.8 Å². The number of aromatic nitrogens is 4. The van der Waals surface area contributed by atoms with Gasteiger partial charge >= 0.3 is 0 Å². The number of nitrogens with zero attached hydrogens (tertiary/aromatic N) is 4. The van der Waals surface area contributed by atoms with Crippen molar-refractivity contribution in [1.29, 1.82) is 0 Å². The fourth-order valence-electron chi connectivity index (χ4n) is 3.15. The third-order valence-corrected chi connectivity index (χ3v) is 5.33. The summed E-state index contributed by atoms with van der Waals surface area (Å²) in [4.78, 5) is 22.0. The molecule has 1 amide bonds. The Hall–Kier alpha value is -2.42. The smallest absolute Gasteiger partial charge is 0.277 e. The van der Waals surface area contributed by atoms with Crippen LogP contribution in [0.5, 0.6) is 0 Å². The van der Waals surface area contributed by atoms with E-state index in [0.29, 0.717) is 29.7 Å². The molecule has 2 aromatic heterocycles. The normalized spacial score (nSPS) is 15.7. The lowest BCUT2D eigenvalue weighted by molar-refractivity contribution is -0.129. The van der Waals surface area contributed by atoms with Gasteiger partial charge in [0.25, 0.3) is 5.22 Å². The summed E-state index contributed by atoms with van der Waals surface area (Å²) in [7, 11) is 0. The van der Waals surface area contributed by atoms with Crippen LogP contribution in [0.25, 0.3) is 11.0 Å². The number of hydrogen-bond acceptors (Lipinski definition) is 6. The quantitative estimate of drug-likeness (QED) is 0.706. The molecule has 1 saturated heterocycles. The monoisotopic (exact) mass is 375 g/mol. The molecule has 0 spiro atoms. The molecule has 136 valence electrons. The van der Waals surface area contributed by atoms with Gasteiger partial charge in [0.05, 0.1) is 16.8 Å². The second-order valence-corrected chi connectivity index (χ2v) is 7.24. The average molecular weight is 375 g/mol. The second kappa shape index (κ2) is 7.06. The molecule has 1 aromatic carbocycles. The molecular weight excluding hydrogens is 357 g/mol. The summed E-state index contributed by atoms with van der Waals surface area (Å²) in [5.74, 6) is 1.69. The van der Waals surface area contributed by atoms with E-state index < -0.39 is 0 Å². The summed E-state index contributed by atoms with van der Waals surface area (Å²) in [6, 6.07) is 4.55. The number of fused-ring (bicyclic) bond motifs is 1. The molecule has 0 bridgehead atoms. The van der Waals surface area contributed by atoms with Gasteiger partial charge in [-0.15, -0.1) is 10.2 Å². The van der Waals surface area contributed by atoms with Crippen LogP contribution in [0.4, 0.5) is 4.39 Å². The van der Waals surface area contributed by atoms with E-state index in [9.17, 15) is 9.18 Å². The fourth-order valence-corrected chi connectivity index (χ4v) is 3.86. The molecule has 0 unspecified atom stereocenters. The molecule has 1 fully saturated rings. The number of thioether (sulfide) groups is 1. The minimum absolute atomic E-state index is 0.0657. The van der Waals surface area contributed by atoms with E-state index in [2.05, 4.69) is 20.2 Å². The highest BCUT2D eigenvalue weighted by Gasteiger charge is 2.26. The molecule has 0 atom stereocenters. The van der Waals surface area contributed by atoms with Crippen molar-refractivity contribution in [2.45, 2.75) is 30.9 Å². The van der Waals surface area contributed by atoms with E-state index in [1.54, 1.807) is 13.0 Å². The highest BCUT2D eigenvalue weighted by molar-refractivity contribution is 7.99. The number of rotatable bonds is 4. The van der Waals surface area contributed by atoms with E-state index in [4.69, 9.17) is 4.42 Å². The summed E-state index contributed by atoms with van der Waals surface area (Å²) >= 11 is 1.26. The molecule has 7 nitrogen and oxygen atoms in total. The van der Waals surface area contributed by atoms with Crippen molar-refractivity contribution in [3.05, 3.63) is 35.7 Å². The maximum atomic E-state index is 13.3. The van der Waals surface area contributed by atoms with Gasteiger partial charge in [0.1, 0.15) is 11.6 Å². The van der Waals surface area contributed by atoms with Crippen molar-refractivity contribution >= 4 is 28.7 Å². The molecule has 0 radical (unpaired) electrons. The number of likely N-dealkylation sites (tertiary alicyclic amines) is 1. The number of nitrogens with one attached hydrogen (secondary N) is 1. The average Bonchev–Trinajstić information content (AvgIpc) is 3.25. The Bertz CT molecular complexity index is 932. The van der Waals surface area contributed by atoms with Gasteiger partial charge < -0.3 is 14.3 Å². The number of halogens is 1. The molecular formula is C17H18FN5O2S. The Morgan fingerprint density at radius 3 is 2.92 bits per heavy atom. The van der Waals surface area contributed by atoms with Crippen molar-refractivity contribution < 1.29 is 13.6 Å². The van der Waals surface area contributed by atoms with E-state index >= 15 is 0 Å². The molecule has 3 aromatic rings.